The Morgan fingerprint density at radius 3 is 2.70 bits per heavy atom. The Morgan fingerprint density at radius 2 is 1.94 bits per heavy atom. The molecule has 33 heavy (non-hydrogen) atoms. The Labute approximate surface area is 184 Å². The summed E-state index contributed by atoms with van der Waals surface area (Å²) in [5.74, 6) is -1.37. The maximum Gasteiger partial charge on any atom is 0.266 e. The highest BCUT2D eigenvalue weighted by atomic mass is 19.1. The zero-order valence-electron chi connectivity index (χ0n) is 17.3. The number of imidazole rings is 1. The van der Waals surface area contributed by atoms with Crippen LogP contribution in [-0.2, 0) is 0 Å². The third-order valence-corrected chi connectivity index (χ3v) is 5.26. The highest BCUT2D eigenvalue weighted by Crippen LogP contribution is 2.25. The molecule has 2 aromatic carbocycles. The Morgan fingerprint density at radius 1 is 1.15 bits per heavy atom. The van der Waals surface area contributed by atoms with Gasteiger partial charge < -0.3 is 15.4 Å². The smallest absolute Gasteiger partial charge is 0.266 e. The van der Waals surface area contributed by atoms with Gasteiger partial charge in [0.15, 0.2) is 11.5 Å². The van der Waals surface area contributed by atoms with Crippen molar-refractivity contribution in [3.8, 4) is 5.69 Å². The summed E-state index contributed by atoms with van der Waals surface area (Å²) in [4.78, 5) is 33.4. The van der Waals surface area contributed by atoms with E-state index in [-0.39, 0.29) is 17.3 Å². The minimum atomic E-state index is -0.969. The molecule has 0 saturated carbocycles. The van der Waals surface area contributed by atoms with Gasteiger partial charge in [-0.25, -0.2) is 28.7 Å². The van der Waals surface area contributed by atoms with Gasteiger partial charge in [0.05, 0.1) is 29.5 Å². The monoisotopic (exact) mass is 449 g/mol. The van der Waals surface area contributed by atoms with Crippen molar-refractivity contribution in [3.05, 3.63) is 82.4 Å². The number of aromatic amines is 1. The number of H-pyrrole nitrogens is 1. The van der Waals surface area contributed by atoms with E-state index in [1.807, 2.05) is 0 Å². The summed E-state index contributed by atoms with van der Waals surface area (Å²) in [5, 5.41) is 13.6. The Hall–Kier alpha value is -4.25. The summed E-state index contributed by atoms with van der Waals surface area (Å²) < 4.78 is 29.2. The number of rotatable bonds is 5. The largest absolute Gasteiger partial charge is 0.394 e. The third kappa shape index (κ3) is 3.57. The molecular formula is C22H17F2N7O2. The summed E-state index contributed by atoms with van der Waals surface area (Å²) in [6.45, 7) is 1.25. The van der Waals surface area contributed by atoms with Crippen molar-refractivity contribution >= 4 is 27.9 Å². The molecule has 0 bridgehead atoms. The van der Waals surface area contributed by atoms with Crippen molar-refractivity contribution in [2.24, 2.45) is 0 Å². The van der Waals surface area contributed by atoms with E-state index in [9.17, 15) is 18.7 Å². The first-order chi connectivity index (χ1) is 16.0. The molecule has 5 rings (SSSR count). The number of aliphatic hydroxyl groups is 1. The fourth-order valence-corrected chi connectivity index (χ4v) is 3.79. The number of nitrogens with one attached hydrogen (secondary N) is 2. The highest BCUT2D eigenvalue weighted by molar-refractivity contribution is 5.83. The van der Waals surface area contributed by atoms with Gasteiger partial charge in [-0.15, -0.1) is 0 Å². The molecule has 0 saturated heterocycles. The fraction of sp³-hybridized carbons (Fsp3) is 0.136. The molecule has 5 aromatic rings. The van der Waals surface area contributed by atoms with Crippen molar-refractivity contribution in [1.29, 1.82) is 0 Å². The maximum absolute atomic E-state index is 14.1. The molecule has 1 unspecified atom stereocenters. The summed E-state index contributed by atoms with van der Waals surface area (Å²) in [5.41, 5.74) is 1.35. The van der Waals surface area contributed by atoms with Gasteiger partial charge in [0.25, 0.3) is 5.56 Å². The number of halogens is 2. The van der Waals surface area contributed by atoms with Gasteiger partial charge >= 0.3 is 0 Å². The standard InChI is InChI=1S/C22H17F2N7O2/c1-11-3-2-4-15-17(11)22(33)31(14-6-12(23)5-13(24)7-14)21(30-15)16(8-32)29-20-18-19(26-9-25-18)27-10-28-20/h2-7,9-10,16,32H,8H2,1H3,(H2,25,26,27,28,29). The van der Waals surface area contributed by atoms with E-state index in [0.29, 0.717) is 33.7 Å². The molecule has 1 atom stereocenters. The zero-order chi connectivity index (χ0) is 23.1. The lowest BCUT2D eigenvalue weighted by Gasteiger charge is -2.22. The number of hydrogen-bond acceptors (Lipinski definition) is 7. The van der Waals surface area contributed by atoms with E-state index < -0.39 is 29.8 Å². The molecule has 0 aliphatic rings. The maximum atomic E-state index is 14.1. The van der Waals surface area contributed by atoms with Crippen LogP contribution >= 0.6 is 0 Å². The minimum Gasteiger partial charge on any atom is -0.394 e. The predicted molar refractivity (Wildman–Crippen MR) is 117 cm³/mol. The highest BCUT2D eigenvalue weighted by Gasteiger charge is 2.23. The summed E-state index contributed by atoms with van der Waals surface area (Å²) >= 11 is 0. The first-order valence-corrected chi connectivity index (χ1v) is 9.96. The molecule has 3 heterocycles. The lowest BCUT2D eigenvalue weighted by atomic mass is 10.1. The van der Waals surface area contributed by atoms with Crippen molar-refractivity contribution in [3.63, 3.8) is 0 Å². The van der Waals surface area contributed by atoms with Gasteiger partial charge in [-0.3, -0.25) is 9.36 Å². The van der Waals surface area contributed by atoms with Crippen LogP contribution in [0.4, 0.5) is 14.6 Å². The van der Waals surface area contributed by atoms with Crippen LogP contribution in [0.25, 0.3) is 27.8 Å². The van der Waals surface area contributed by atoms with E-state index in [1.165, 1.54) is 12.7 Å². The molecular weight excluding hydrogens is 432 g/mol. The number of nitrogens with zero attached hydrogens (tertiary/aromatic N) is 5. The Bertz CT molecular complexity index is 1540. The SMILES string of the molecule is Cc1cccc2nc(C(CO)Nc3ncnc4[nH]cnc34)n(-c3cc(F)cc(F)c3)c(=O)c12. The van der Waals surface area contributed by atoms with Crippen LogP contribution in [0, 0.1) is 18.6 Å². The average molecular weight is 449 g/mol. The third-order valence-electron chi connectivity index (χ3n) is 5.26. The van der Waals surface area contributed by atoms with Crippen molar-refractivity contribution in [1.82, 2.24) is 29.5 Å². The van der Waals surface area contributed by atoms with Crippen LogP contribution < -0.4 is 10.9 Å². The molecule has 3 N–H and O–H groups in total. The zero-order valence-corrected chi connectivity index (χ0v) is 17.3. The second-order valence-corrected chi connectivity index (χ2v) is 7.41. The Kier molecular flexibility index (Phi) is 5.02. The molecule has 0 radical (unpaired) electrons. The van der Waals surface area contributed by atoms with E-state index in [1.54, 1.807) is 25.1 Å². The van der Waals surface area contributed by atoms with Gasteiger partial charge in [0.2, 0.25) is 0 Å². The molecule has 0 amide bonds. The van der Waals surface area contributed by atoms with E-state index >= 15 is 0 Å². The predicted octanol–water partition coefficient (Wildman–Crippen LogP) is 2.78. The second-order valence-electron chi connectivity index (χ2n) is 7.41. The van der Waals surface area contributed by atoms with Crippen molar-refractivity contribution in [2.45, 2.75) is 13.0 Å². The first kappa shape index (κ1) is 20.6. The summed E-state index contributed by atoms with van der Waals surface area (Å²) in [6, 6.07) is 6.97. The average Bonchev–Trinajstić information content (AvgIpc) is 3.26. The van der Waals surface area contributed by atoms with Crippen LogP contribution in [-0.4, -0.2) is 41.2 Å². The summed E-state index contributed by atoms with van der Waals surface area (Å²) in [6.07, 6.45) is 2.75. The quantitative estimate of drug-likeness (QED) is 0.377. The van der Waals surface area contributed by atoms with Gasteiger partial charge in [-0.1, -0.05) is 12.1 Å². The van der Waals surface area contributed by atoms with E-state index in [4.69, 9.17) is 0 Å². The first-order valence-electron chi connectivity index (χ1n) is 9.96. The lowest BCUT2D eigenvalue weighted by molar-refractivity contribution is 0.270. The van der Waals surface area contributed by atoms with Gasteiger partial charge in [-0.2, -0.15) is 0 Å². The molecule has 0 aliphatic carbocycles. The number of aliphatic hydroxyl groups excluding tert-OH is 1. The molecule has 3 aromatic heterocycles. The number of aromatic nitrogens is 6. The molecule has 166 valence electrons. The lowest BCUT2D eigenvalue weighted by Crippen LogP contribution is -2.30. The van der Waals surface area contributed by atoms with Gasteiger partial charge in [0.1, 0.15) is 35.3 Å². The van der Waals surface area contributed by atoms with Crippen LogP contribution in [0.5, 0.6) is 0 Å². The molecule has 0 fully saturated rings. The minimum absolute atomic E-state index is 0.0490. The van der Waals surface area contributed by atoms with Crippen molar-refractivity contribution in [2.75, 3.05) is 11.9 Å². The van der Waals surface area contributed by atoms with Crippen LogP contribution in [0.2, 0.25) is 0 Å². The van der Waals surface area contributed by atoms with Crippen LogP contribution in [0.3, 0.4) is 0 Å². The van der Waals surface area contributed by atoms with Crippen molar-refractivity contribution < 1.29 is 13.9 Å². The number of anilines is 1. The number of aryl methyl sites for hydroxylation is 1. The molecule has 11 heteroatoms. The number of benzene rings is 2. The Balaban J connectivity index is 1.76. The van der Waals surface area contributed by atoms with E-state index in [2.05, 4.69) is 30.2 Å². The van der Waals surface area contributed by atoms with Crippen LogP contribution in [0.1, 0.15) is 17.4 Å². The number of hydrogen-bond donors (Lipinski definition) is 3. The fourth-order valence-electron chi connectivity index (χ4n) is 3.79. The molecule has 0 spiro atoms. The number of fused-ring (bicyclic) bond motifs is 2. The second kappa shape index (κ2) is 8.02. The van der Waals surface area contributed by atoms with Crippen LogP contribution in [0.15, 0.2) is 53.8 Å². The topological polar surface area (TPSA) is 122 Å². The normalized spacial score (nSPS) is 12.4. The van der Waals surface area contributed by atoms with Gasteiger partial charge in [-0.05, 0) is 30.7 Å². The molecule has 0 aliphatic heterocycles. The van der Waals surface area contributed by atoms with Gasteiger partial charge in [0, 0.05) is 6.07 Å². The molecule has 9 nitrogen and oxygen atoms in total. The van der Waals surface area contributed by atoms with E-state index in [0.717, 1.165) is 16.7 Å². The summed E-state index contributed by atoms with van der Waals surface area (Å²) in [7, 11) is 0.